The molecule has 2 N–H and O–H groups in total. The second-order valence-corrected chi connectivity index (χ2v) is 5.42. The van der Waals surface area contributed by atoms with E-state index in [1.807, 2.05) is 22.5 Å². The molecule has 3 nitrogen and oxygen atoms in total. The molecular formula is C13H17N3S. The lowest BCUT2D eigenvalue weighted by molar-refractivity contribution is 0.950. The van der Waals surface area contributed by atoms with Gasteiger partial charge >= 0.3 is 0 Å². The summed E-state index contributed by atoms with van der Waals surface area (Å²) >= 11 is 1.89. The number of hydrogen-bond acceptors (Lipinski definition) is 3. The van der Waals surface area contributed by atoms with Gasteiger partial charge in [0.15, 0.2) is 0 Å². The molecule has 1 aromatic heterocycles. The molecule has 17 heavy (non-hydrogen) atoms. The molecule has 0 spiro atoms. The van der Waals surface area contributed by atoms with Crippen molar-refractivity contribution in [2.24, 2.45) is 5.73 Å². The molecule has 4 heteroatoms. The van der Waals surface area contributed by atoms with Crippen molar-refractivity contribution in [3.63, 3.8) is 0 Å². The van der Waals surface area contributed by atoms with Crippen molar-refractivity contribution >= 4 is 11.8 Å². The minimum atomic E-state index is 0.517. The third-order valence-electron chi connectivity index (χ3n) is 2.61. The molecule has 1 aromatic carbocycles. The molecule has 1 heterocycles. The van der Waals surface area contributed by atoms with Gasteiger partial charge in [0, 0.05) is 35.6 Å². The van der Waals surface area contributed by atoms with Gasteiger partial charge in [-0.2, -0.15) is 11.8 Å². The Hall–Kier alpha value is -1.26. The first-order chi connectivity index (χ1) is 8.29. The van der Waals surface area contributed by atoms with Gasteiger partial charge in [-0.1, -0.05) is 19.1 Å². The molecular weight excluding hydrogens is 230 g/mol. The molecule has 0 bridgehead atoms. The number of hydrogen-bond donors (Lipinski definition) is 1. The molecule has 0 aliphatic carbocycles. The first kappa shape index (κ1) is 12.2. The van der Waals surface area contributed by atoms with Crippen LogP contribution in [0, 0.1) is 0 Å². The lowest BCUT2D eigenvalue weighted by Crippen LogP contribution is -2.12. The van der Waals surface area contributed by atoms with Crippen LogP contribution in [-0.2, 0) is 5.75 Å². The number of benzene rings is 1. The molecule has 0 saturated carbocycles. The van der Waals surface area contributed by atoms with Crippen LogP contribution < -0.4 is 5.73 Å². The minimum Gasteiger partial charge on any atom is -0.329 e. The minimum absolute atomic E-state index is 0.517. The Labute approximate surface area is 106 Å². The third-order valence-corrected chi connectivity index (χ3v) is 3.87. The second-order valence-electron chi connectivity index (χ2n) is 3.99. The summed E-state index contributed by atoms with van der Waals surface area (Å²) < 4.78 is 2.00. The van der Waals surface area contributed by atoms with Gasteiger partial charge in [-0.15, -0.1) is 0 Å². The van der Waals surface area contributed by atoms with Crippen molar-refractivity contribution in [1.29, 1.82) is 0 Å². The molecule has 90 valence electrons. The molecule has 2 aromatic rings. The summed E-state index contributed by atoms with van der Waals surface area (Å²) in [6.07, 6.45) is 5.53. The molecule has 1 atom stereocenters. The highest BCUT2D eigenvalue weighted by molar-refractivity contribution is 7.99. The quantitative estimate of drug-likeness (QED) is 0.882. The summed E-state index contributed by atoms with van der Waals surface area (Å²) in [5, 5.41) is 0.517. The number of aromatic nitrogens is 2. The first-order valence-electron chi connectivity index (χ1n) is 5.68. The van der Waals surface area contributed by atoms with Crippen LogP contribution in [0.4, 0.5) is 0 Å². The summed E-state index contributed by atoms with van der Waals surface area (Å²) in [6.45, 7) is 2.89. The monoisotopic (exact) mass is 247 g/mol. The number of nitrogens with zero attached hydrogens (tertiary/aromatic N) is 2. The summed E-state index contributed by atoms with van der Waals surface area (Å²) in [5.41, 5.74) is 8.07. The zero-order valence-corrected chi connectivity index (χ0v) is 10.7. The van der Waals surface area contributed by atoms with Crippen LogP contribution in [0.15, 0.2) is 43.0 Å². The predicted octanol–water partition coefficient (Wildman–Crippen LogP) is 2.45. The lowest BCUT2D eigenvalue weighted by Gasteiger charge is -2.08. The van der Waals surface area contributed by atoms with Crippen LogP contribution >= 0.6 is 11.8 Å². The zero-order chi connectivity index (χ0) is 12.1. The number of rotatable bonds is 5. The smallest absolute Gasteiger partial charge is 0.0991 e. The van der Waals surface area contributed by atoms with E-state index in [9.17, 15) is 0 Å². The van der Waals surface area contributed by atoms with Gasteiger partial charge in [0.25, 0.3) is 0 Å². The Kier molecular flexibility index (Phi) is 4.23. The topological polar surface area (TPSA) is 43.8 Å². The van der Waals surface area contributed by atoms with Crippen LogP contribution in [0.1, 0.15) is 12.5 Å². The molecule has 0 amide bonds. The van der Waals surface area contributed by atoms with Gasteiger partial charge in [0.1, 0.15) is 0 Å². The maximum Gasteiger partial charge on any atom is 0.0991 e. The van der Waals surface area contributed by atoms with Crippen molar-refractivity contribution in [3.8, 4) is 5.69 Å². The second kappa shape index (κ2) is 5.89. The highest BCUT2D eigenvalue weighted by Gasteiger charge is 2.01. The average Bonchev–Trinajstić information content (AvgIpc) is 2.90. The van der Waals surface area contributed by atoms with Gasteiger partial charge in [0.05, 0.1) is 6.33 Å². The first-order valence-corrected chi connectivity index (χ1v) is 6.73. The SMILES string of the molecule is CC(CN)SCc1ccc(-n2ccnc2)cc1. The number of imidazole rings is 1. The van der Waals surface area contributed by atoms with Gasteiger partial charge in [0.2, 0.25) is 0 Å². The number of thioether (sulfide) groups is 1. The van der Waals surface area contributed by atoms with Gasteiger partial charge in [-0.3, -0.25) is 0 Å². The molecule has 0 aliphatic heterocycles. The Balaban J connectivity index is 1.99. The van der Waals surface area contributed by atoms with Crippen LogP contribution in [0.5, 0.6) is 0 Å². The third kappa shape index (κ3) is 3.35. The highest BCUT2D eigenvalue weighted by Crippen LogP contribution is 2.18. The average molecular weight is 247 g/mol. The van der Waals surface area contributed by atoms with Crippen molar-refractivity contribution in [1.82, 2.24) is 9.55 Å². The highest BCUT2D eigenvalue weighted by atomic mass is 32.2. The van der Waals surface area contributed by atoms with E-state index < -0.39 is 0 Å². The molecule has 0 aliphatic rings. The Morgan fingerprint density at radius 2 is 2.12 bits per heavy atom. The normalized spacial score (nSPS) is 12.6. The van der Waals surface area contributed by atoms with E-state index in [0.717, 1.165) is 18.0 Å². The lowest BCUT2D eigenvalue weighted by atomic mass is 10.2. The summed E-state index contributed by atoms with van der Waals surface area (Å²) in [6, 6.07) is 8.55. The fourth-order valence-electron chi connectivity index (χ4n) is 1.48. The van der Waals surface area contributed by atoms with Crippen LogP contribution in [-0.4, -0.2) is 21.3 Å². The Bertz CT molecular complexity index is 436. The molecule has 0 saturated heterocycles. The van der Waals surface area contributed by atoms with E-state index in [1.165, 1.54) is 5.56 Å². The van der Waals surface area contributed by atoms with Crippen LogP contribution in [0.2, 0.25) is 0 Å². The number of nitrogens with two attached hydrogens (primary N) is 1. The fourth-order valence-corrected chi connectivity index (χ4v) is 2.29. The van der Waals surface area contributed by atoms with Crippen molar-refractivity contribution < 1.29 is 0 Å². The van der Waals surface area contributed by atoms with Gasteiger partial charge in [-0.25, -0.2) is 4.98 Å². The molecule has 0 radical (unpaired) electrons. The van der Waals surface area contributed by atoms with E-state index in [2.05, 4.69) is 36.2 Å². The van der Waals surface area contributed by atoms with E-state index in [0.29, 0.717) is 5.25 Å². The van der Waals surface area contributed by atoms with Gasteiger partial charge < -0.3 is 10.3 Å². The van der Waals surface area contributed by atoms with E-state index in [1.54, 1.807) is 12.5 Å². The molecule has 1 unspecified atom stereocenters. The predicted molar refractivity (Wildman–Crippen MR) is 73.4 cm³/mol. The van der Waals surface area contributed by atoms with E-state index in [4.69, 9.17) is 5.73 Å². The summed E-state index contributed by atoms with van der Waals surface area (Å²) in [7, 11) is 0. The Morgan fingerprint density at radius 1 is 1.35 bits per heavy atom. The van der Waals surface area contributed by atoms with Crippen molar-refractivity contribution in [2.75, 3.05) is 6.54 Å². The van der Waals surface area contributed by atoms with Crippen molar-refractivity contribution in [3.05, 3.63) is 48.5 Å². The Morgan fingerprint density at radius 3 is 2.71 bits per heavy atom. The summed E-state index contributed by atoms with van der Waals surface area (Å²) in [4.78, 5) is 4.04. The fraction of sp³-hybridized carbons (Fsp3) is 0.308. The summed E-state index contributed by atoms with van der Waals surface area (Å²) in [5.74, 6) is 1.02. The maximum absolute atomic E-state index is 5.59. The van der Waals surface area contributed by atoms with E-state index >= 15 is 0 Å². The van der Waals surface area contributed by atoms with E-state index in [-0.39, 0.29) is 0 Å². The largest absolute Gasteiger partial charge is 0.329 e. The maximum atomic E-state index is 5.59. The molecule has 2 rings (SSSR count). The van der Waals surface area contributed by atoms with Crippen LogP contribution in [0.25, 0.3) is 5.69 Å². The van der Waals surface area contributed by atoms with Gasteiger partial charge in [-0.05, 0) is 17.7 Å². The zero-order valence-electron chi connectivity index (χ0n) is 9.91. The molecule has 0 fully saturated rings. The standard InChI is InChI=1S/C13H17N3S/c1-11(8-14)17-9-12-2-4-13(5-3-12)16-7-6-15-10-16/h2-7,10-11H,8-9,14H2,1H3. The van der Waals surface area contributed by atoms with Crippen LogP contribution in [0.3, 0.4) is 0 Å². The van der Waals surface area contributed by atoms with Crippen molar-refractivity contribution in [2.45, 2.75) is 17.9 Å².